The third-order valence-corrected chi connectivity index (χ3v) is 4.71. The van der Waals surface area contributed by atoms with Crippen LogP contribution in [0.1, 0.15) is 38.5 Å². The second-order valence-electron chi connectivity index (χ2n) is 6.59. The molecule has 0 amide bonds. The average Bonchev–Trinajstić information content (AvgIpc) is 2.88. The second-order valence-corrected chi connectivity index (χ2v) is 6.95. The molecule has 7 heteroatoms. The first-order valence-electron chi connectivity index (χ1n) is 8.58. The number of nitrogens with zero attached hydrogens (tertiary/aromatic N) is 2. The summed E-state index contributed by atoms with van der Waals surface area (Å²) in [6.07, 6.45) is 2.65. The van der Waals surface area contributed by atoms with E-state index in [0.29, 0.717) is 16.4 Å². The third kappa shape index (κ3) is 3.64. The summed E-state index contributed by atoms with van der Waals surface area (Å²) in [6, 6.07) is 7.18. The first-order chi connectivity index (χ1) is 13.2. The smallest absolute Gasteiger partial charge is 0.351 e. The van der Waals surface area contributed by atoms with Crippen molar-refractivity contribution in [1.82, 2.24) is 9.78 Å². The van der Waals surface area contributed by atoms with Gasteiger partial charge in [-0.25, -0.2) is 9.48 Å². The van der Waals surface area contributed by atoms with E-state index in [1.165, 1.54) is 25.1 Å². The van der Waals surface area contributed by atoms with E-state index >= 15 is 0 Å². The second kappa shape index (κ2) is 7.48. The Morgan fingerprint density at radius 3 is 2.61 bits per heavy atom. The zero-order valence-corrected chi connectivity index (χ0v) is 16.7. The lowest BCUT2D eigenvalue weighted by molar-refractivity contribution is 0.104. The molecule has 3 aromatic rings. The molecule has 0 aliphatic carbocycles. The Bertz CT molecular complexity index is 1170. The van der Waals surface area contributed by atoms with Crippen LogP contribution in [-0.2, 0) is 0 Å². The molecule has 0 unspecified atom stereocenters. The number of aryl methyl sites for hydroxylation is 4. The summed E-state index contributed by atoms with van der Waals surface area (Å²) in [7, 11) is 0. The third-order valence-electron chi connectivity index (χ3n) is 4.34. The number of aromatic nitrogens is 2. The van der Waals surface area contributed by atoms with Crippen molar-refractivity contribution >= 4 is 23.5 Å². The molecule has 1 aromatic carbocycles. The molecule has 0 aliphatic heterocycles. The molecule has 2 heterocycles. The van der Waals surface area contributed by atoms with Crippen LogP contribution in [0.25, 0.3) is 11.8 Å². The van der Waals surface area contributed by atoms with Crippen molar-refractivity contribution in [2.45, 2.75) is 27.7 Å². The quantitative estimate of drug-likeness (QED) is 0.522. The number of carbonyl (C=O) groups is 1. The Morgan fingerprint density at radius 1 is 1.21 bits per heavy atom. The maximum absolute atomic E-state index is 12.4. The lowest BCUT2D eigenvalue weighted by Crippen LogP contribution is -2.12. The Balaban J connectivity index is 2.00. The minimum absolute atomic E-state index is 0.219. The fourth-order valence-corrected chi connectivity index (χ4v) is 3.20. The molecular weight excluding hydrogens is 380 g/mol. The highest BCUT2D eigenvalue weighted by Crippen LogP contribution is 2.27. The van der Waals surface area contributed by atoms with Crippen LogP contribution in [0.3, 0.4) is 0 Å². The summed E-state index contributed by atoms with van der Waals surface area (Å²) in [5, 5.41) is 14.7. The zero-order chi connectivity index (χ0) is 20.6. The van der Waals surface area contributed by atoms with Gasteiger partial charge in [0.2, 0.25) is 0 Å². The topological polar surface area (TPSA) is 85.3 Å². The van der Waals surface area contributed by atoms with Crippen LogP contribution in [0.2, 0.25) is 5.15 Å². The van der Waals surface area contributed by atoms with Gasteiger partial charge in [0.05, 0.1) is 11.4 Å². The Morgan fingerprint density at radius 2 is 1.93 bits per heavy atom. The van der Waals surface area contributed by atoms with Crippen LogP contribution in [0.4, 0.5) is 0 Å². The molecule has 1 N–H and O–H groups in total. The average molecular weight is 399 g/mol. The van der Waals surface area contributed by atoms with E-state index in [0.717, 1.165) is 16.8 Å². The van der Waals surface area contributed by atoms with Crippen molar-refractivity contribution in [2.24, 2.45) is 0 Å². The fraction of sp³-hybridized carbons (Fsp3) is 0.190. The lowest BCUT2D eigenvalue weighted by Gasteiger charge is -2.08. The van der Waals surface area contributed by atoms with Crippen LogP contribution in [-0.4, -0.2) is 20.7 Å². The number of hydrogen-bond donors (Lipinski definition) is 1. The molecule has 0 atom stereocenters. The van der Waals surface area contributed by atoms with E-state index in [9.17, 15) is 14.7 Å². The minimum atomic E-state index is -0.888. The number of ketones is 1. The largest absolute Gasteiger partial charge is 0.507 e. The summed E-state index contributed by atoms with van der Waals surface area (Å²) in [5.74, 6) is -0.879. The molecule has 6 nitrogen and oxygen atoms in total. The van der Waals surface area contributed by atoms with Crippen LogP contribution >= 0.6 is 11.6 Å². The lowest BCUT2D eigenvalue weighted by atomic mass is 10.1. The van der Waals surface area contributed by atoms with Gasteiger partial charge in [0, 0.05) is 11.6 Å². The molecule has 0 aliphatic rings. The summed E-state index contributed by atoms with van der Waals surface area (Å²) < 4.78 is 6.50. The zero-order valence-electron chi connectivity index (χ0n) is 15.9. The first kappa shape index (κ1) is 19.6. The van der Waals surface area contributed by atoms with Crippen molar-refractivity contribution in [3.8, 4) is 11.4 Å². The molecule has 144 valence electrons. The van der Waals surface area contributed by atoms with Gasteiger partial charge < -0.3 is 9.52 Å². The van der Waals surface area contributed by atoms with Gasteiger partial charge in [-0.3, -0.25) is 4.79 Å². The highest BCUT2D eigenvalue weighted by molar-refractivity contribution is 6.31. The summed E-state index contributed by atoms with van der Waals surface area (Å²) in [4.78, 5) is 24.3. The van der Waals surface area contributed by atoms with Crippen LogP contribution in [0, 0.1) is 27.7 Å². The van der Waals surface area contributed by atoms with E-state index in [4.69, 9.17) is 16.0 Å². The predicted octanol–water partition coefficient (Wildman–Crippen LogP) is 4.31. The van der Waals surface area contributed by atoms with Gasteiger partial charge in [0.1, 0.15) is 22.2 Å². The van der Waals surface area contributed by atoms with Gasteiger partial charge in [0.25, 0.3) is 0 Å². The van der Waals surface area contributed by atoms with E-state index < -0.39 is 22.7 Å². The van der Waals surface area contributed by atoms with Crippen molar-refractivity contribution in [3.63, 3.8) is 0 Å². The van der Waals surface area contributed by atoms with Gasteiger partial charge in [-0.05, 0) is 57.0 Å². The highest BCUT2D eigenvalue weighted by atomic mass is 35.5. The van der Waals surface area contributed by atoms with Crippen molar-refractivity contribution in [2.75, 3.05) is 0 Å². The minimum Gasteiger partial charge on any atom is -0.507 e. The molecule has 0 spiro atoms. The SMILES string of the molecule is Cc1ccc(C)c(-n2nc(C)c(/C=C/C(=O)c3c(O)cc(C)oc3=O)c2Cl)c1. The molecular formula is C21H19ClN2O4. The predicted molar refractivity (Wildman–Crippen MR) is 108 cm³/mol. The number of benzene rings is 1. The first-order valence-corrected chi connectivity index (χ1v) is 8.95. The standard InChI is InChI=1S/C21H19ClN2O4/c1-11-5-6-12(2)16(9-11)24-20(22)15(14(4)23-24)7-8-17(25)19-18(26)10-13(3)28-21(19)27/h5-10,26H,1-4H3/b8-7+. The summed E-state index contributed by atoms with van der Waals surface area (Å²) in [5.41, 5.74) is 2.78. The maximum Gasteiger partial charge on any atom is 0.351 e. The van der Waals surface area contributed by atoms with Gasteiger partial charge in [-0.2, -0.15) is 5.10 Å². The van der Waals surface area contributed by atoms with Crippen LogP contribution in [0.5, 0.6) is 5.75 Å². The summed E-state index contributed by atoms with van der Waals surface area (Å²) in [6.45, 7) is 7.22. The Labute approximate surface area is 166 Å². The van der Waals surface area contributed by atoms with E-state index in [-0.39, 0.29) is 5.76 Å². The molecule has 0 bridgehead atoms. The number of aromatic hydroxyl groups is 1. The number of rotatable bonds is 4. The van der Waals surface area contributed by atoms with Gasteiger partial charge in [0.15, 0.2) is 5.78 Å². The van der Waals surface area contributed by atoms with Gasteiger partial charge in [-0.15, -0.1) is 0 Å². The normalized spacial score (nSPS) is 11.3. The van der Waals surface area contributed by atoms with Crippen LogP contribution < -0.4 is 5.63 Å². The van der Waals surface area contributed by atoms with Crippen molar-refractivity contribution < 1.29 is 14.3 Å². The van der Waals surface area contributed by atoms with Gasteiger partial charge in [-0.1, -0.05) is 23.7 Å². The Kier molecular flexibility index (Phi) is 5.25. The van der Waals surface area contributed by atoms with E-state index in [1.54, 1.807) is 11.6 Å². The molecule has 0 saturated carbocycles. The molecule has 0 radical (unpaired) electrons. The van der Waals surface area contributed by atoms with E-state index in [1.807, 2.05) is 32.0 Å². The maximum atomic E-state index is 12.4. The number of hydrogen-bond acceptors (Lipinski definition) is 5. The number of halogens is 1. The van der Waals surface area contributed by atoms with Gasteiger partial charge >= 0.3 is 5.63 Å². The van der Waals surface area contributed by atoms with Crippen molar-refractivity contribution in [3.05, 3.63) is 79.6 Å². The Hall–Kier alpha value is -3.12. The summed E-state index contributed by atoms with van der Waals surface area (Å²) >= 11 is 6.51. The molecule has 0 saturated heterocycles. The van der Waals surface area contributed by atoms with Crippen molar-refractivity contribution in [1.29, 1.82) is 0 Å². The molecule has 3 rings (SSSR count). The van der Waals surface area contributed by atoms with E-state index in [2.05, 4.69) is 5.10 Å². The van der Waals surface area contributed by atoms with Crippen LogP contribution in [0.15, 0.2) is 39.6 Å². The molecule has 0 fully saturated rings. The number of carbonyl (C=O) groups excluding carboxylic acids is 1. The molecule has 28 heavy (non-hydrogen) atoms. The highest BCUT2D eigenvalue weighted by Gasteiger charge is 2.18. The fourth-order valence-electron chi connectivity index (χ4n) is 2.87. The number of allylic oxidation sites excluding steroid dienone is 1. The molecule has 2 aromatic heterocycles. The monoisotopic (exact) mass is 398 g/mol.